The zero-order valence-electron chi connectivity index (χ0n) is 9.87. The van der Waals surface area contributed by atoms with Gasteiger partial charge in [0.25, 0.3) is 5.91 Å². The summed E-state index contributed by atoms with van der Waals surface area (Å²) in [5.74, 6) is -2.13. The molecular weight excluding hydrogens is 296 g/mol. The number of hydrogen-bond donors (Lipinski definition) is 1. The van der Waals surface area contributed by atoms with Crippen molar-refractivity contribution in [2.75, 3.05) is 0 Å². The van der Waals surface area contributed by atoms with E-state index in [-0.39, 0.29) is 12.1 Å². The maximum Gasteiger partial charge on any atom is 0.419 e. The average molecular weight is 304 g/mol. The molecule has 0 unspecified atom stereocenters. The number of rotatable bonds is 3. The van der Waals surface area contributed by atoms with Crippen LogP contribution in [0.5, 0.6) is 0 Å². The first-order valence-corrected chi connectivity index (χ1v) is 6.29. The van der Waals surface area contributed by atoms with Gasteiger partial charge in [-0.05, 0) is 18.2 Å². The number of amides is 1. The van der Waals surface area contributed by atoms with E-state index >= 15 is 0 Å². The Balaban J connectivity index is 2.14. The first kappa shape index (κ1) is 14.4. The molecule has 1 heterocycles. The summed E-state index contributed by atoms with van der Waals surface area (Å²) in [5.41, 5.74) is -1.71. The molecule has 1 N–H and O–H groups in total. The Morgan fingerprint density at radius 3 is 2.70 bits per heavy atom. The van der Waals surface area contributed by atoms with Gasteiger partial charge < -0.3 is 5.32 Å². The van der Waals surface area contributed by atoms with Gasteiger partial charge in [-0.1, -0.05) is 0 Å². The SMILES string of the molecule is O=C(NCc1nccs1)c1ccc(F)c(C(F)(F)F)c1. The average Bonchev–Trinajstić information content (AvgIpc) is 2.88. The summed E-state index contributed by atoms with van der Waals surface area (Å²) >= 11 is 1.30. The minimum Gasteiger partial charge on any atom is -0.346 e. The maximum atomic E-state index is 13.1. The summed E-state index contributed by atoms with van der Waals surface area (Å²) in [7, 11) is 0. The molecule has 0 aliphatic carbocycles. The van der Waals surface area contributed by atoms with Crippen molar-refractivity contribution in [1.29, 1.82) is 0 Å². The Labute approximate surface area is 115 Å². The number of carbonyl (C=O) groups excluding carboxylic acids is 1. The van der Waals surface area contributed by atoms with E-state index in [0.717, 1.165) is 6.07 Å². The molecule has 0 atom stereocenters. The van der Waals surface area contributed by atoms with Gasteiger partial charge in [0, 0.05) is 17.1 Å². The molecule has 0 aliphatic heterocycles. The molecule has 0 radical (unpaired) electrons. The molecule has 0 saturated heterocycles. The van der Waals surface area contributed by atoms with E-state index < -0.39 is 23.5 Å². The van der Waals surface area contributed by atoms with Crippen LogP contribution in [0, 0.1) is 5.82 Å². The number of thiazole rings is 1. The zero-order valence-corrected chi connectivity index (χ0v) is 10.7. The van der Waals surface area contributed by atoms with Crippen molar-refractivity contribution in [3.8, 4) is 0 Å². The van der Waals surface area contributed by atoms with Gasteiger partial charge in [-0.2, -0.15) is 13.2 Å². The van der Waals surface area contributed by atoms with Crippen LogP contribution in [-0.4, -0.2) is 10.9 Å². The third-order valence-corrected chi connectivity index (χ3v) is 3.20. The molecule has 8 heteroatoms. The van der Waals surface area contributed by atoms with Crippen molar-refractivity contribution in [2.24, 2.45) is 0 Å². The lowest BCUT2D eigenvalue weighted by Gasteiger charge is -2.10. The lowest BCUT2D eigenvalue weighted by atomic mass is 10.1. The van der Waals surface area contributed by atoms with Gasteiger partial charge in [0.2, 0.25) is 0 Å². The molecule has 0 spiro atoms. The summed E-state index contributed by atoms with van der Waals surface area (Å²) in [6.07, 6.45) is -3.29. The van der Waals surface area contributed by atoms with Crippen LogP contribution in [0.2, 0.25) is 0 Å². The monoisotopic (exact) mass is 304 g/mol. The molecule has 0 aliphatic rings. The van der Waals surface area contributed by atoms with Gasteiger partial charge in [-0.15, -0.1) is 11.3 Å². The van der Waals surface area contributed by atoms with Crippen LogP contribution in [0.4, 0.5) is 17.6 Å². The number of alkyl halides is 3. The molecule has 1 amide bonds. The van der Waals surface area contributed by atoms with Crippen molar-refractivity contribution in [2.45, 2.75) is 12.7 Å². The van der Waals surface area contributed by atoms with Crippen LogP contribution < -0.4 is 5.32 Å². The molecular formula is C12H8F4N2OS. The quantitative estimate of drug-likeness (QED) is 0.885. The first-order valence-electron chi connectivity index (χ1n) is 5.41. The lowest BCUT2D eigenvalue weighted by Crippen LogP contribution is -2.23. The van der Waals surface area contributed by atoms with E-state index in [2.05, 4.69) is 10.3 Å². The largest absolute Gasteiger partial charge is 0.419 e. The third-order valence-electron chi connectivity index (χ3n) is 2.42. The fourth-order valence-corrected chi connectivity index (χ4v) is 2.04. The Morgan fingerprint density at radius 2 is 2.10 bits per heavy atom. The highest BCUT2D eigenvalue weighted by molar-refractivity contribution is 7.09. The van der Waals surface area contributed by atoms with E-state index in [1.807, 2.05) is 0 Å². The summed E-state index contributed by atoms with van der Waals surface area (Å²) in [4.78, 5) is 15.6. The minimum absolute atomic E-state index is 0.106. The van der Waals surface area contributed by atoms with Gasteiger partial charge in [0.15, 0.2) is 0 Å². The zero-order chi connectivity index (χ0) is 14.8. The summed E-state index contributed by atoms with van der Waals surface area (Å²) < 4.78 is 50.6. The van der Waals surface area contributed by atoms with Crippen LogP contribution in [0.1, 0.15) is 20.9 Å². The van der Waals surface area contributed by atoms with E-state index in [1.54, 1.807) is 11.6 Å². The van der Waals surface area contributed by atoms with Crippen molar-refractivity contribution in [3.05, 3.63) is 51.7 Å². The Morgan fingerprint density at radius 1 is 1.35 bits per heavy atom. The number of benzene rings is 1. The van der Waals surface area contributed by atoms with Crippen molar-refractivity contribution >= 4 is 17.2 Å². The molecule has 1 aromatic heterocycles. The van der Waals surface area contributed by atoms with Crippen LogP contribution in [0.25, 0.3) is 0 Å². The fraction of sp³-hybridized carbons (Fsp3) is 0.167. The fourth-order valence-electron chi connectivity index (χ4n) is 1.48. The van der Waals surface area contributed by atoms with Gasteiger partial charge in [-0.3, -0.25) is 4.79 Å². The Bertz CT molecular complexity index is 610. The number of aromatic nitrogens is 1. The normalized spacial score (nSPS) is 11.4. The molecule has 0 fully saturated rings. The summed E-state index contributed by atoms with van der Waals surface area (Å²) in [6.45, 7) is 0.106. The van der Waals surface area contributed by atoms with Gasteiger partial charge in [-0.25, -0.2) is 9.37 Å². The van der Waals surface area contributed by atoms with E-state index in [0.29, 0.717) is 17.1 Å². The van der Waals surface area contributed by atoms with Gasteiger partial charge in [0.05, 0.1) is 12.1 Å². The van der Waals surface area contributed by atoms with Crippen LogP contribution in [-0.2, 0) is 12.7 Å². The van der Waals surface area contributed by atoms with Crippen LogP contribution in [0.15, 0.2) is 29.8 Å². The van der Waals surface area contributed by atoms with Gasteiger partial charge >= 0.3 is 6.18 Å². The predicted molar refractivity (Wildman–Crippen MR) is 64.7 cm³/mol. The Hall–Kier alpha value is -1.96. The smallest absolute Gasteiger partial charge is 0.346 e. The van der Waals surface area contributed by atoms with Crippen LogP contribution >= 0.6 is 11.3 Å². The number of hydrogen-bond acceptors (Lipinski definition) is 3. The molecule has 2 aromatic rings. The second kappa shape index (κ2) is 5.58. The van der Waals surface area contributed by atoms with E-state index in [9.17, 15) is 22.4 Å². The highest BCUT2D eigenvalue weighted by Gasteiger charge is 2.34. The maximum absolute atomic E-state index is 13.1. The highest BCUT2D eigenvalue weighted by atomic mass is 32.1. The Kier molecular flexibility index (Phi) is 4.03. The predicted octanol–water partition coefficient (Wildman–Crippen LogP) is 3.23. The minimum atomic E-state index is -4.84. The molecule has 0 bridgehead atoms. The molecule has 0 saturated carbocycles. The second-order valence-corrected chi connectivity index (χ2v) is 4.78. The van der Waals surface area contributed by atoms with Crippen LogP contribution in [0.3, 0.4) is 0 Å². The number of nitrogens with one attached hydrogen (secondary N) is 1. The third kappa shape index (κ3) is 3.32. The molecule has 2 rings (SSSR count). The lowest BCUT2D eigenvalue weighted by molar-refractivity contribution is -0.140. The van der Waals surface area contributed by atoms with Gasteiger partial charge in [0.1, 0.15) is 10.8 Å². The molecule has 3 nitrogen and oxygen atoms in total. The van der Waals surface area contributed by atoms with E-state index in [1.165, 1.54) is 11.3 Å². The number of carbonyl (C=O) groups is 1. The standard InChI is InChI=1S/C12H8F4N2OS/c13-9-2-1-7(5-8(9)12(14,15)16)11(19)18-6-10-17-3-4-20-10/h1-5H,6H2,(H,18,19). The van der Waals surface area contributed by atoms with Crippen molar-refractivity contribution in [1.82, 2.24) is 10.3 Å². The number of nitrogens with zero attached hydrogens (tertiary/aromatic N) is 1. The first-order chi connectivity index (χ1) is 9.38. The highest BCUT2D eigenvalue weighted by Crippen LogP contribution is 2.31. The molecule has 1 aromatic carbocycles. The molecule has 20 heavy (non-hydrogen) atoms. The van der Waals surface area contributed by atoms with Crippen molar-refractivity contribution < 1.29 is 22.4 Å². The summed E-state index contributed by atoms with van der Waals surface area (Å²) in [6, 6.07) is 2.12. The molecule has 106 valence electrons. The number of halogens is 4. The summed E-state index contributed by atoms with van der Waals surface area (Å²) in [5, 5.41) is 4.75. The van der Waals surface area contributed by atoms with Crippen molar-refractivity contribution in [3.63, 3.8) is 0 Å². The second-order valence-electron chi connectivity index (χ2n) is 3.80. The van der Waals surface area contributed by atoms with E-state index in [4.69, 9.17) is 0 Å². The topological polar surface area (TPSA) is 42.0 Å².